The molecule has 3 heterocycles. The van der Waals surface area contributed by atoms with E-state index in [0.717, 1.165) is 16.7 Å². The van der Waals surface area contributed by atoms with E-state index in [1.807, 2.05) is 50.8 Å². The van der Waals surface area contributed by atoms with E-state index in [1.54, 1.807) is 18.5 Å². The number of benzene rings is 1. The summed E-state index contributed by atoms with van der Waals surface area (Å²) in [6, 6.07) is 7.73. The Labute approximate surface area is 194 Å². The predicted molar refractivity (Wildman–Crippen MR) is 126 cm³/mol. The van der Waals surface area contributed by atoms with Crippen molar-refractivity contribution < 1.29 is 14.3 Å². The molecule has 1 saturated heterocycles. The fourth-order valence-corrected chi connectivity index (χ4v) is 4.18. The summed E-state index contributed by atoms with van der Waals surface area (Å²) in [5.41, 5.74) is 4.00. The average molecular weight is 450 g/mol. The molecule has 0 unspecified atom stereocenters. The Morgan fingerprint density at radius 3 is 2.24 bits per heavy atom. The molecule has 0 saturated carbocycles. The minimum Gasteiger partial charge on any atom is -0.377 e. The maximum absolute atomic E-state index is 13.5. The zero-order valence-electron chi connectivity index (χ0n) is 19.7. The van der Waals surface area contributed by atoms with Crippen molar-refractivity contribution in [2.75, 3.05) is 44.2 Å². The first kappa shape index (κ1) is 22.9. The highest BCUT2D eigenvalue weighted by molar-refractivity contribution is 6.35. The van der Waals surface area contributed by atoms with Gasteiger partial charge in [-0.1, -0.05) is 18.2 Å². The van der Waals surface area contributed by atoms with Crippen molar-refractivity contribution in [2.45, 2.75) is 33.8 Å². The molecule has 4 rings (SSSR count). The summed E-state index contributed by atoms with van der Waals surface area (Å²) in [5.74, 6) is 0.186. The molecule has 174 valence electrons. The summed E-state index contributed by atoms with van der Waals surface area (Å²) in [6.07, 6.45) is 3.49. The van der Waals surface area contributed by atoms with Crippen molar-refractivity contribution >= 4 is 23.3 Å². The van der Waals surface area contributed by atoms with Crippen LogP contribution in [0.2, 0.25) is 0 Å². The number of rotatable bonds is 7. The number of hydrogen-bond acceptors (Lipinski definition) is 7. The number of piperazine rings is 1. The van der Waals surface area contributed by atoms with Gasteiger partial charge in [-0.05, 0) is 50.5 Å². The molecule has 2 aliphatic heterocycles. The number of anilines is 1. The Bertz CT molecular complexity index is 1060. The van der Waals surface area contributed by atoms with Crippen LogP contribution in [0.1, 0.15) is 30.5 Å². The van der Waals surface area contributed by atoms with Crippen LogP contribution >= 0.6 is 0 Å². The van der Waals surface area contributed by atoms with Crippen molar-refractivity contribution in [3.8, 4) is 0 Å². The highest BCUT2D eigenvalue weighted by Crippen LogP contribution is 2.33. The number of amides is 2. The Hall–Kier alpha value is -3.26. The fourth-order valence-electron chi connectivity index (χ4n) is 4.18. The molecule has 2 aromatic rings. The van der Waals surface area contributed by atoms with Crippen LogP contribution in [0, 0.1) is 13.8 Å². The molecule has 0 bridgehead atoms. The summed E-state index contributed by atoms with van der Waals surface area (Å²) >= 11 is 0. The number of aromatic nitrogens is 2. The van der Waals surface area contributed by atoms with Crippen molar-refractivity contribution in [1.82, 2.24) is 19.8 Å². The van der Waals surface area contributed by atoms with Crippen LogP contribution in [0.15, 0.2) is 42.4 Å². The first-order valence-electron chi connectivity index (χ1n) is 11.4. The summed E-state index contributed by atoms with van der Waals surface area (Å²) in [6.45, 7) is 11.1. The molecule has 1 fully saturated rings. The molecule has 8 nitrogen and oxygen atoms in total. The van der Waals surface area contributed by atoms with Gasteiger partial charge < -0.3 is 14.5 Å². The predicted octanol–water partition coefficient (Wildman–Crippen LogP) is 2.42. The van der Waals surface area contributed by atoms with Crippen LogP contribution in [0.5, 0.6) is 0 Å². The van der Waals surface area contributed by atoms with Crippen molar-refractivity contribution in [1.29, 1.82) is 0 Å². The van der Waals surface area contributed by atoms with Crippen molar-refractivity contribution in [3.05, 3.63) is 59.0 Å². The second-order valence-corrected chi connectivity index (χ2v) is 8.73. The van der Waals surface area contributed by atoms with E-state index in [0.29, 0.717) is 50.0 Å². The van der Waals surface area contributed by atoms with E-state index in [-0.39, 0.29) is 24.5 Å². The first-order chi connectivity index (χ1) is 15.9. The van der Waals surface area contributed by atoms with Crippen molar-refractivity contribution in [3.63, 3.8) is 0 Å². The average Bonchev–Trinajstić information content (AvgIpc) is 3.06. The van der Waals surface area contributed by atoms with Gasteiger partial charge in [-0.3, -0.25) is 14.5 Å². The molecule has 1 aromatic carbocycles. The third kappa shape index (κ3) is 4.75. The van der Waals surface area contributed by atoms with Gasteiger partial charge in [-0.2, -0.15) is 0 Å². The zero-order chi connectivity index (χ0) is 23.5. The standard InChI is InChI=1S/C25H31N5O3/c1-17(2)33-15-14-30-23(31)21(20-7-6-18(3)19(4)16-20)22(24(30)32)28-10-12-29(13-11-28)25-26-8-5-9-27-25/h5-9,16-17H,10-15H2,1-4H3. The summed E-state index contributed by atoms with van der Waals surface area (Å²) in [7, 11) is 0. The van der Waals surface area contributed by atoms with Gasteiger partial charge in [0.1, 0.15) is 5.70 Å². The largest absolute Gasteiger partial charge is 0.377 e. The number of ether oxygens (including phenoxy) is 1. The lowest BCUT2D eigenvalue weighted by Gasteiger charge is -2.36. The minimum atomic E-state index is -0.251. The van der Waals surface area contributed by atoms with Crippen LogP contribution < -0.4 is 4.90 Å². The van der Waals surface area contributed by atoms with Crippen LogP contribution in [0.3, 0.4) is 0 Å². The second kappa shape index (κ2) is 9.70. The lowest BCUT2D eigenvalue weighted by molar-refractivity contribution is -0.138. The number of nitrogens with zero attached hydrogens (tertiary/aromatic N) is 5. The van der Waals surface area contributed by atoms with Gasteiger partial charge in [0.2, 0.25) is 5.95 Å². The third-order valence-electron chi connectivity index (χ3n) is 6.14. The molecule has 33 heavy (non-hydrogen) atoms. The lowest BCUT2D eigenvalue weighted by Crippen LogP contribution is -2.48. The third-order valence-corrected chi connectivity index (χ3v) is 6.14. The van der Waals surface area contributed by atoms with Gasteiger partial charge in [0, 0.05) is 38.6 Å². The van der Waals surface area contributed by atoms with E-state index in [2.05, 4.69) is 14.9 Å². The molecule has 0 atom stereocenters. The van der Waals surface area contributed by atoms with E-state index in [4.69, 9.17) is 4.74 Å². The number of carbonyl (C=O) groups is 2. The lowest BCUT2D eigenvalue weighted by atomic mass is 9.99. The first-order valence-corrected chi connectivity index (χ1v) is 11.4. The van der Waals surface area contributed by atoms with E-state index in [9.17, 15) is 9.59 Å². The summed E-state index contributed by atoms with van der Waals surface area (Å²) in [5, 5.41) is 0. The monoisotopic (exact) mass is 449 g/mol. The van der Waals surface area contributed by atoms with E-state index < -0.39 is 0 Å². The Morgan fingerprint density at radius 2 is 1.61 bits per heavy atom. The number of carbonyl (C=O) groups excluding carboxylic acids is 2. The van der Waals surface area contributed by atoms with Crippen LogP contribution in [0.25, 0.3) is 5.57 Å². The van der Waals surface area contributed by atoms with Crippen molar-refractivity contribution in [2.24, 2.45) is 0 Å². The molecule has 2 amide bonds. The van der Waals surface area contributed by atoms with Crippen LogP contribution in [0.4, 0.5) is 5.95 Å². The zero-order valence-corrected chi connectivity index (χ0v) is 19.7. The molecule has 0 aliphatic carbocycles. The highest BCUT2D eigenvalue weighted by Gasteiger charge is 2.42. The van der Waals surface area contributed by atoms with Gasteiger partial charge in [0.25, 0.3) is 11.8 Å². The van der Waals surface area contributed by atoms with Gasteiger partial charge in [-0.25, -0.2) is 9.97 Å². The Morgan fingerprint density at radius 1 is 0.939 bits per heavy atom. The summed E-state index contributed by atoms with van der Waals surface area (Å²) < 4.78 is 5.62. The molecule has 0 radical (unpaired) electrons. The van der Waals surface area contributed by atoms with Gasteiger partial charge in [0.15, 0.2) is 0 Å². The highest BCUT2D eigenvalue weighted by atomic mass is 16.5. The molecular weight excluding hydrogens is 418 g/mol. The van der Waals surface area contributed by atoms with E-state index >= 15 is 0 Å². The normalized spacial score (nSPS) is 17.1. The second-order valence-electron chi connectivity index (χ2n) is 8.73. The Balaban J connectivity index is 1.62. The number of aryl methyl sites for hydroxylation is 2. The number of imide groups is 1. The quantitative estimate of drug-likeness (QED) is 0.601. The minimum absolute atomic E-state index is 0.0396. The SMILES string of the molecule is Cc1ccc(C2=C(N3CCN(c4ncccn4)CC3)C(=O)N(CCOC(C)C)C2=O)cc1C. The molecule has 0 N–H and O–H groups in total. The van der Waals surface area contributed by atoms with E-state index in [1.165, 1.54) is 4.90 Å². The molecule has 2 aliphatic rings. The van der Waals surface area contributed by atoms with Gasteiger partial charge >= 0.3 is 0 Å². The molecular formula is C25H31N5O3. The van der Waals surface area contributed by atoms with Crippen LogP contribution in [-0.4, -0.2) is 77.0 Å². The number of hydrogen-bond donors (Lipinski definition) is 0. The van der Waals surface area contributed by atoms with Crippen LogP contribution in [-0.2, 0) is 14.3 Å². The maximum Gasteiger partial charge on any atom is 0.277 e. The molecule has 8 heteroatoms. The van der Waals surface area contributed by atoms with Gasteiger partial charge in [-0.15, -0.1) is 0 Å². The fraction of sp³-hybridized carbons (Fsp3) is 0.440. The van der Waals surface area contributed by atoms with Gasteiger partial charge in [0.05, 0.1) is 24.8 Å². The molecule has 0 spiro atoms. The summed E-state index contributed by atoms with van der Waals surface area (Å²) in [4.78, 5) is 41.1. The smallest absolute Gasteiger partial charge is 0.277 e. The maximum atomic E-state index is 13.5. The Kier molecular flexibility index (Phi) is 6.74. The molecule has 1 aromatic heterocycles. The topological polar surface area (TPSA) is 78.9 Å².